The molecule has 0 aromatic heterocycles. The summed E-state index contributed by atoms with van der Waals surface area (Å²) in [4.78, 5) is 23.0. The average molecular weight is 266 g/mol. The maximum absolute atomic E-state index is 11.9. The Bertz CT molecular complexity index is 479. The zero-order valence-corrected chi connectivity index (χ0v) is 11.1. The summed E-state index contributed by atoms with van der Waals surface area (Å²) in [6.45, 7) is 3.69. The van der Waals surface area contributed by atoms with E-state index in [1.54, 1.807) is 13.8 Å². The number of hydrogen-bond acceptors (Lipinski definition) is 5. The highest BCUT2D eigenvalue weighted by molar-refractivity contribution is 5.99. The summed E-state index contributed by atoms with van der Waals surface area (Å²) < 4.78 is 4.76. The van der Waals surface area contributed by atoms with Gasteiger partial charge in [-0.3, -0.25) is 9.59 Å². The fourth-order valence-electron chi connectivity index (χ4n) is 1.67. The lowest BCUT2D eigenvalue weighted by atomic mass is 10.0. The highest BCUT2D eigenvalue weighted by Crippen LogP contribution is 2.27. The van der Waals surface area contributed by atoms with E-state index in [0.29, 0.717) is 18.6 Å². The molecule has 5 nitrogen and oxygen atoms in total. The van der Waals surface area contributed by atoms with Crippen LogP contribution >= 0.6 is 0 Å². The molecule has 0 spiro atoms. The molecule has 1 aromatic rings. The number of esters is 1. The molecule has 2 N–H and O–H groups in total. The fourth-order valence-corrected chi connectivity index (χ4v) is 1.67. The summed E-state index contributed by atoms with van der Waals surface area (Å²) in [5, 5.41) is 19.0. The van der Waals surface area contributed by atoms with E-state index in [1.165, 1.54) is 6.07 Å². The van der Waals surface area contributed by atoms with Crippen LogP contribution in [0.5, 0.6) is 11.5 Å². The molecule has 0 amide bonds. The molecule has 0 fully saturated rings. The van der Waals surface area contributed by atoms with Gasteiger partial charge in [-0.25, -0.2) is 0 Å². The third kappa shape index (κ3) is 4.28. The number of rotatable bonds is 6. The van der Waals surface area contributed by atoms with E-state index in [2.05, 4.69) is 0 Å². The third-order valence-electron chi connectivity index (χ3n) is 2.70. The van der Waals surface area contributed by atoms with Gasteiger partial charge in [0.2, 0.25) is 0 Å². The number of carbonyl (C=O) groups is 2. The van der Waals surface area contributed by atoms with Gasteiger partial charge >= 0.3 is 5.97 Å². The second-order valence-electron chi connectivity index (χ2n) is 4.24. The predicted octanol–water partition coefficient (Wildman–Crippen LogP) is 2.32. The van der Waals surface area contributed by atoms with Crippen LogP contribution < -0.4 is 0 Å². The van der Waals surface area contributed by atoms with Crippen LogP contribution in [0.15, 0.2) is 12.1 Å². The van der Waals surface area contributed by atoms with Gasteiger partial charge in [0.1, 0.15) is 11.5 Å². The molecule has 1 rings (SSSR count). The molecule has 0 saturated heterocycles. The normalized spacial score (nSPS) is 10.2. The molecule has 0 heterocycles. The van der Waals surface area contributed by atoms with E-state index < -0.39 is 0 Å². The molecule has 0 saturated carbocycles. The highest BCUT2D eigenvalue weighted by Gasteiger charge is 2.14. The first-order chi connectivity index (χ1) is 8.95. The molecule has 1 aromatic carbocycles. The molecule has 0 radical (unpaired) electrons. The number of phenols is 2. The van der Waals surface area contributed by atoms with Crippen LogP contribution in [0.25, 0.3) is 0 Å². The Kier molecular flexibility index (Phi) is 5.36. The van der Waals surface area contributed by atoms with Crippen molar-refractivity contribution in [2.75, 3.05) is 6.61 Å². The standard InChI is InChI=1S/C14H18O5/c1-3-19-14(18)6-4-5-11(15)10-7-9(2)12(16)8-13(10)17/h7-8,16-17H,3-6H2,1-2H3. The van der Waals surface area contributed by atoms with Gasteiger partial charge in [-0.15, -0.1) is 0 Å². The van der Waals surface area contributed by atoms with Crippen LogP contribution in [0.3, 0.4) is 0 Å². The van der Waals surface area contributed by atoms with Crippen LogP contribution in [0.2, 0.25) is 0 Å². The van der Waals surface area contributed by atoms with Gasteiger partial charge in [0.25, 0.3) is 0 Å². The van der Waals surface area contributed by atoms with E-state index >= 15 is 0 Å². The molecule has 0 aliphatic carbocycles. The lowest BCUT2D eigenvalue weighted by Crippen LogP contribution is -2.06. The van der Waals surface area contributed by atoms with Crippen LogP contribution in [-0.2, 0) is 9.53 Å². The maximum atomic E-state index is 11.9. The van der Waals surface area contributed by atoms with Crippen molar-refractivity contribution in [3.63, 3.8) is 0 Å². The smallest absolute Gasteiger partial charge is 0.305 e. The first-order valence-corrected chi connectivity index (χ1v) is 6.17. The summed E-state index contributed by atoms with van der Waals surface area (Å²) in [6, 6.07) is 2.59. The average Bonchev–Trinajstić information content (AvgIpc) is 2.34. The lowest BCUT2D eigenvalue weighted by Gasteiger charge is -2.07. The minimum absolute atomic E-state index is 0.0550. The topological polar surface area (TPSA) is 83.8 Å². The SMILES string of the molecule is CCOC(=O)CCCC(=O)c1cc(C)c(O)cc1O. The molecular weight excluding hydrogens is 248 g/mol. The van der Waals surface area contributed by atoms with E-state index in [-0.39, 0.29) is 41.7 Å². The van der Waals surface area contributed by atoms with Gasteiger partial charge in [-0.05, 0) is 31.9 Å². The highest BCUT2D eigenvalue weighted by atomic mass is 16.5. The number of hydrogen-bond donors (Lipinski definition) is 2. The molecule has 0 aliphatic rings. The van der Waals surface area contributed by atoms with Crippen molar-refractivity contribution in [3.8, 4) is 11.5 Å². The van der Waals surface area contributed by atoms with Crippen molar-refractivity contribution < 1.29 is 24.5 Å². The number of phenolic OH excluding ortho intramolecular Hbond substituents is 2. The Morgan fingerprint density at radius 3 is 2.47 bits per heavy atom. The maximum Gasteiger partial charge on any atom is 0.305 e. The van der Waals surface area contributed by atoms with E-state index in [9.17, 15) is 19.8 Å². The van der Waals surface area contributed by atoms with E-state index in [0.717, 1.165) is 6.07 Å². The first-order valence-electron chi connectivity index (χ1n) is 6.17. The van der Waals surface area contributed by atoms with Gasteiger partial charge in [0.05, 0.1) is 12.2 Å². The zero-order chi connectivity index (χ0) is 14.4. The summed E-state index contributed by atoms with van der Waals surface area (Å²) in [6.07, 6.45) is 0.699. The van der Waals surface area contributed by atoms with Crippen molar-refractivity contribution in [1.29, 1.82) is 0 Å². The predicted molar refractivity (Wildman–Crippen MR) is 69.3 cm³/mol. The molecule has 5 heteroatoms. The number of aromatic hydroxyl groups is 2. The second kappa shape index (κ2) is 6.78. The summed E-state index contributed by atoms with van der Waals surface area (Å²) in [7, 11) is 0. The summed E-state index contributed by atoms with van der Waals surface area (Å²) >= 11 is 0. The molecule has 104 valence electrons. The number of ketones is 1. The van der Waals surface area contributed by atoms with Crippen molar-refractivity contribution in [1.82, 2.24) is 0 Å². The van der Waals surface area contributed by atoms with Crippen molar-refractivity contribution in [2.45, 2.75) is 33.1 Å². The van der Waals surface area contributed by atoms with Gasteiger partial charge < -0.3 is 14.9 Å². The van der Waals surface area contributed by atoms with E-state index in [4.69, 9.17) is 4.74 Å². The van der Waals surface area contributed by atoms with Gasteiger partial charge in [-0.1, -0.05) is 0 Å². The molecule has 0 unspecified atom stereocenters. The van der Waals surface area contributed by atoms with Gasteiger partial charge in [0.15, 0.2) is 5.78 Å². The minimum Gasteiger partial charge on any atom is -0.508 e. The molecular formula is C14H18O5. The van der Waals surface area contributed by atoms with Crippen molar-refractivity contribution >= 4 is 11.8 Å². The number of aryl methyl sites for hydroxylation is 1. The van der Waals surface area contributed by atoms with Gasteiger partial charge in [-0.2, -0.15) is 0 Å². The van der Waals surface area contributed by atoms with Crippen LogP contribution in [-0.4, -0.2) is 28.6 Å². The minimum atomic E-state index is -0.332. The number of benzene rings is 1. The van der Waals surface area contributed by atoms with Gasteiger partial charge in [0, 0.05) is 18.9 Å². The monoisotopic (exact) mass is 266 g/mol. The van der Waals surface area contributed by atoms with Crippen LogP contribution in [0.4, 0.5) is 0 Å². The van der Waals surface area contributed by atoms with Crippen molar-refractivity contribution in [3.05, 3.63) is 23.3 Å². The van der Waals surface area contributed by atoms with Crippen molar-refractivity contribution in [2.24, 2.45) is 0 Å². The summed E-state index contributed by atoms with van der Waals surface area (Å²) in [5.41, 5.74) is 0.686. The Balaban J connectivity index is 2.59. The quantitative estimate of drug-likeness (QED) is 0.609. The third-order valence-corrected chi connectivity index (χ3v) is 2.70. The number of ether oxygens (including phenoxy) is 1. The Morgan fingerprint density at radius 2 is 1.84 bits per heavy atom. The zero-order valence-electron chi connectivity index (χ0n) is 11.1. The fraction of sp³-hybridized carbons (Fsp3) is 0.429. The second-order valence-corrected chi connectivity index (χ2v) is 4.24. The van der Waals surface area contributed by atoms with E-state index in [1.807, 2.05) is 0 Å². The summed E-state index contributed by atoms with van der Waals surface area (Å²) in [5.74, 6) is -0.892. The number of carbonyl (C=O) groups excluding carboxylic acids is 2. The molecule has 0 atom stereocenters. The van der Waals surface area contributed by atoms with Crippen LogP contribution in [0.1, 0.15) is 42.1 Å². The number of Topliss-reactive ketones (excluding diaryl/α,β-unsaturated/α-hetero) is 1. The molecule has 0 aliphatic heterocycles. The Morgan fingerprint density at radius 1 is 1.16 bits per heavy atom. The van der Waals surface area contributed by atoms with Crippen LogP contribution in [0, 0.1) is 6.92 Å². The Labute approximate surface area is 111 Å². The molecule has 0 bridgehead atoms. The largest absolute Gasteiger partial charge is 0.508 e. The first kappa shape index (κ1) is 15.0. The lowest BCUT2D eigenvalue weighted by molar-refractivity contribution is -0.143. The molecule has 19 heavy (non-hydrogen) atoms. The Hall–Kier alpha value is -2.04.